The van der Waals surface area contributed by atoms with Gasteiger partial charge in [0.2, 0.25) is 0 Å². The Morgan fingerprint density at radius 3 is 2.26 bits per heavy atom. The normalized spacial score (nSPS) is 11.3. The van der Waals surface area contributed by atoms with Crippen molar-refractivity contribution in [1.29, 1.82) is 0 Å². The van der Waals surface area contributed by atoms with E-state index in [-0.39, 0.29) is 19.6 Å². The van der Waals surface area contributed by atoms with E-state index in [0.29, 0.717) is 40.6 Å². The number of rotatable bonds is 12. The monoisotopic (exact) mass is 526 g/mol. The Hall–Kier alpha value is -4.40. The molecule has 3 aromatic carbocycles. The average Bonchev–Trinajstić information content (AvgIpc) is 2.87. The minimum atomic E-state index is -4.18. The fourth-order valence-corrected chi connectivity index (χ4v) is 3.36. The number of nitrogen functional groups attached to an aromatic ring is 2. The van der Waals surface area contributed by atoms with E-state index in [1.807, 2.05) is 6.07 Å². The van der Waals surface area contributed by atoms with Crippen LogP contribution in [0.25, 0.3) is 11.8 Å². The Kier molecular flexibility index (Phi) is 9.81. The van der Waals surface area contributed by atoms with Gasteiger partial charge in [0.25, 0.3) is 0 Å². The van der Waals surface area contributed by atoms with Crippen molar-refractivity contribution < 1.29 is 32.2 Å². The second-order valence-corrected chi connectivity index (χ2v) is 8.39. The number of alkyl halides is 3. The summed E-state index contributed by atoms with van der Waals surface area (Å²) in [6.45, 7) is 4.09. The number of carbonyl (C=O) groups is 1. The summed E-state index contributed by atoms with van der Waals surface area (Å²) in [4.78, 5) is 12.0. The Morgan fingerprint density at radius 2 is 1.61 bits per heavy atom. The number of esters is 1. The highest BCUT2D eigenvalue weighted by Crippen LogP contribution is 2.24. The first-order valence-corrected chi connectivity index (χ1v) is 11.8. The predicted molar refractivity (Wildman–Crippen MR) is 142 cm³/mol. The van der Waals surface area contributed by atoms with Crippen molar-refractivity contribution in [3.63, 3.8) is 0 Å². The molecule has 6 nitrogen and oxygen atoms in total. The van der Waals surface area contributed by atoms with E-state index in [9.17, 15) is 18.0 Å². The van der Waals surface area contributed by atoms with Crippen LogP contribution in [-0.4, -0.2) is 25.4 Å². The van der Waals surface area contributed by atoms with Gasteiger partial charge in [0, 0.05) is 35.9 Å². The lowest BCUT2D eigenvalue weighted by atomic mass is 10.1. The van der Waals surface area contributed by atoms with Gasteiger partial charge in [0.1, 0.15) is 17.3 Å². The van der Waals surface area contributed by atoms with Crippen LogP contribution in [0.4, 0.5) is 24.5 Å². The maximum absolute atomic E-state index is 12.2. The quantitative estimate of drug-likeness (QED) is 0.0929. The molecule has 0 amide bonds. The number of hydrogen-bond acceptors (Lipinski definition) is 6. The van der Waals surface area contributed by atoms with Crippen molar-refractivity contribution >= 4 is 29.2 Å². The van der Waals surface area contributed by atoms with E-state index in [4.69, 9.17) is 25.7 Å². The van der Waals surface area contributed by atoms with Gasteiger partial charge >= 0.3 is 12.1 Å². The molecule has 0 aliphatic carbocycles. The minimum absolute atomic E-state index is 0.0203. The molecule has 0 spiro atoms. The molecular formula is C29H29F3N2O4. The molecule has 0 saturated heterocycles. The maximum atomic E-state index is 12.2. The van der Waals surface area contributed by atoms with Crippen LogP contribution < -0.4 is 20.9 Å². The van der Waals surface area contributed by atoms with Crippen LogP contribution in [0.5, 0.6) is 11.5 Å². The number of nitrogens with two attached hydrogens (primary N) is 2. The standard InChI is InChI=1S/C29H29F3N2O4/c1-20(22-7-12-25(13-8-22)36-17-2-16-29(30,31)32)38-26-10-3-21(4-11-26)5-14-28(35)37-18-15-23-6-9-24(33)19-27(23)34/h3-14,19H,1-2,15-18,33-34H2/b14-5+. The Balaban J connectivity index is 1.42. The molecule has 0 bridgehead atoms. The van der Waals surface area contributed by atoms with Crippen LogP contribution in [0.1, 0.15) is 29.5 Å². The second-order valence-electron chi connectivity index (χ2n) is 8.39. The third kappa shape index (κ3) is 9.57. The van der Waals surface area contributed by atoms with E-state index in [1.165, 1.54) is 6.08 Å². The Labute approximate surface area is 219 Å². The van der Waals surface area contributed by atoms with E-state index in [1.54, 1.807) is 66.7 Å². The van der Waals surface area contributed by atoms with Crippen LogP contribution in [0.2, 0.25) is 0 Å². The number of benzene rings is 3. The second kappa shape index (κ2) is 13.2. The van der Waals surface area contributed by atoms with E-state index in [0.717, 1.165) is 11.1 Å². The fraction of sp³-hybridized carbons (Fsp3) is 0.207. The third-order valence-corrected chi connectivity index (χ3v) is 5.37. The van der Waals surface area contributed by atoms with Gasteiger partial charge in [-0.3, -0.25) is 0 Å². The molecule has 0 saturated carbocycles. The van der Waals surface area contributed by atoms with Crippen LogP contribution >= 0.6 is 0 Å². The zero-order valence-corrected chi connectivity index (χ0v) is 20.7. The molecule has 38 heavy (non-hydrogen) atoms. The number of carbonyl (C=O) groups excluding carboxylic acids is 1. The lowest BCUT2D eigenvalue weighted by molar-refractivity contribution is -0.138. The number of hydrogen-bond donors (Lipinski definition) is 2. The molecule has 9 heteroatoms. The van der Waals surface area contributed by atoms with Crippen molar-refractivity contribution in [2.45, 2.75) is 25.4 Å². The molecule has 0 aliphatic rings. The molecule has 0 radical (unpaired) electrons. The fourth-order valence-electron chi connectivity index (χ4n) is 3.36. The highest BCUT2D eigenvalue weighted by atomic mass is 19.4. The van der Waals surface area contributed by atoms with E-state index >= 15 is 0 Å². The first-order chi connectivity index (χ1) is 18.1. The maximum Gasteiger partial charge on any atom is 0.389 e. The molecule has 200 valence electrons. The zero-order chi connectivity index (χ0) is 27.5. The average molecular weight is 527 g/mol. The van der Waals surface area contributed by atoms with Gasteiger partial charge in [-0.15, -0.1) is 0 Å². The SMILES string of the molecule is C=C(Oc1ccc(/C=C/C(=O)OCCc2ccc(N)cc2N)cc1)c1ccc(OCCCC(F)(F)F)cc1. The molecule has 0 atom stereocenters. The predicted octanol–water partition coefficient (Wildman–Crippen LogP) is 6.42. The molecule has 3 rings (SSSR count). The summed E-state index contributed by atoms with van der Waals surface area (Å²) in [5.74, 6) is 0.929. The van der Waals surface area contributed by atoms with Crippen molar-refractivity contribution in [2.24, 2.45) is 0 Å². The highest BCUT2D eigenvalue weighted by molar-refractivity contribution is 5.87. The summed E-state index contributed by atoms with van der Waals surface area (Å²) in [5, 5.41) is 0. The highest BCUT2D eigenvalue weighted by Gasteiger charge is 2.26. The summed E-state index contributed by atoms with van der Waals surface area (Å²) in [5.41, 5.74) is 15.0. The van der Waals surface area contributed by atoms with Crippen LogP contribution in [-0.2, 0) is 16.0 Å². The minimum Gasteiger partial charge on any atom is -0.494 e. The van der Waals surface area contributed by atoms with Gasteiger partial charge in [-0.2, -0.15) is 13.2 Å². The molecule has 0 unspecified atom stereocenters. The lowest BCUT2D eigenvalue weighted by Gasteiger charge is -2.11. The zero-order valence-electron chi connectivity index (χ0n) is 20.7. The lowest BCUT2D eigenvalue weighted by Crippen LogP contribution is -2.09. The van der Waals surface area contributed by atoms with Gasteiger partial charge in [0.05, 0.1) is 13.2 Å². The Bertz CT molecular complexity index is 1250. The van der Waals surface area contributed by atoms with Crippen molar-refractivity contribution in [3.8, 4) is 11.5 Å². The molecule has 0 aromatic heterocycles. The smallest absolute Gasteiger partial charge is 0.389 e. The van der Waals surface area contributed by atoms with Crippen molar-refractivity contribution in [1.82, 2.24) is 0 Å². The number of anilines is 2. The first kappa shape index (κ1) is 28.2. The topological polar surface area (TPSA) is 96.8 Å². The molecular weight excluding hydrogens is 497 g/mol. The van der Waals surface area contributed by atoms with Gasteiger partial charge < -0.3 is 25.7 Å². The van der Waals surface area contributed by atoms with Crippen LogP contribution in [0.3, 0.4) is 0 Å². The van der Waals surface area contributed by atoms with Crippen molar-refractivity contribution in [2.75, 3.05) is 24.7 Å². The largest absolute Gasteiger partial charge is 0.494 e. The molecule has 0 heterocycles. The molecule has 3 aromatic rings. The van der Waals surface area contributed by atoms with E-state index < -0.39 is 18.6 Å². The molecule has 0 aliphatic heterocycles. The summed E-state index contributed by atoms with van der Waals surface area (Å²) < 4.78 is 52.9. The molecule has 0 fully saturated rings. The summed E-state index contributed by atoms with van der Waals surface area (Å²) >= 11 is 0. The first-order valence-electron chi connectivity index (χ1n) is 11.8. The number of halogens is 3. The van der Waals surface area contributed by atoms with Crippen LogP contribution in [0, 0.1) is 0 Å². The van der Waals surface area contributed by atoms with Gasteiger partial charge in [-0.25, -0.2) is 4.79 Å². The Morgan fingerprint density at radius 1 is 0.921 bits per heavy atom. The van der Waals surface area contributed by atoms with Crippen LogP contribution in [0.15, 0.2) is 79.4 Å². The molecule has 4 N–H and O–H groups in total. The van der Waals surface area contributed by atoms with Gasteiger partial charge in [-0.05, 0) is 72.2 Å². The van der Waals surface area contributed by atoms with E-state index in [2.05, 4.69) is 6.58 Å². The summed E-state index contributed by atoms with van der Waals surface area (Å²) in [6, 6.07) is 19.0. The van der Waals surface area contributed by atoms with Crippen molar-refractivity contribution in [3.05, 3.63) is 96.1 Å². The summed E-state index contributed by atoms with van der Waals surface area (Å²) in [6.07, 6.45) is -1.71. The summed E-state index contributed by atoms with van der Waals surface area (Å²) in [7, 11) is 0. The van der Waals surface area contributed by atoms with Gasteiger partial charge in [0.15, 0.2) is 0 Å². The van der Waals surface area contributed by atoms with Gasteiger partial charge in [-0.1, -0.05) is 24.8 Å². The number of ether oxygens (including phenoxy) is 3. The third-order valence-electron chi connectivity index (χ3n) is 5.37.